The molecule has 26 heavy (non-hydrogen) atoms. The molecule has 8 nitrogen and oxygen atoms in total. The monoisotopic (exact) mass is 354 g/mol. The number of methoxy groups -OCH3 is 1. The largest absolute Gasteiger partial charge is 0.383 e. The van der Waals surface area contributed by atoms with Gasteiger partial charge in [-0.2, -0.15) is 4.52 Å². The van der Waals surface area contributed by atoms with Crippen molar-refractivity contribution in [3.8, 4) is 0 Å². The molecule has 2 heterocycles. The van der Waals surface area contributed by atoms with E-state index in [-0.39, 0.29) is 5.91 Å². The van der Waals surface area contributed by atoms with Crippen molar-refractivity contribution in [3.63, 3.8) is 0 Å². The molecule has 0 fully saturated rings. The minimum atomic E-state index is -0.103. The van der Waals surface area contributed by atoms with Crippen molar-refractivity contribution >= 4 is 17.4 Å². The van der Waals surface area contributed by atoms with Crippen molar-refractivity contribution in [2.45, 2.75) is 13.3 Å². The molecule has 0 atom stereocenters. The van der Waals surface area contributed by atoms with Crippen LogP contribution in [0.5, 0.6) is 0 Å². The van der Waals surface area contributed by atoms with Gasteiger partial charge in [0.05, 0.1) is 6.61 Å². The van der Waals surface area contributed by atoms with E-state index in [0.717, 1.165) is 11.4 Å². The molecule has 136 valence electrons. The predicted octanol–water partition coefficient (Wildman–Crippen LogP) is 1.46. The lowest BCUT2D eigenvalue weighted by Gasteiger charge is -2.06. The average Bonchev–Trinajstić information content (AvgIpc) is 3.05. The smallest absolute Gasteiger partial charge is 0.251 e. The summed E-state index contributed by atoms with van der Waals surface area (Å²) < 4.78 is 6.70. The zero-order valence-corrected chi connectivity index (χ0v) is 14.9. The van der Waals surface area contributed by atoms with Gasteiger partial charge in [0.25, 0.3) is 5.91 Å². The van der Waals surface area contributed by atoms with Crippen LogP contribution < -0.4 is 10.6 Å². The lowest BCUT2D eigenvalue weighted by atomic mass is 10.1. The predicted molar refractivity (Wildman–Crippen MR) is 98.4 cm³/mol. The third-order valence-electron chi connectivity index (χ3n) is 3.89. The van der Waals surface area contributed by atoms with E-state index in [0.29, 0.717) is 43.2 Å². The summed E-state index contributed by atoms with van der Waals surface area (Å²) in [4.78, 5) is 12.2. The number of fused-ring (bicyclic) bond motifs is 1. The molecule has 0 aliphatic carbocycles. The first-order valence-electron chi connectivity index (χ1n) is 8.46. The quantitative estimate of drug-likeness (QED) is 0.595. The first kappa shape index (κ1) is 17.8. The second kappa shape index (κ2) is 8.39. The van der Waals surface area contributed by atoms with Crippen LogP contribution in [0.4, 0.5) is 5.82 Å². The van der Waals surface area contributed by atoms with Crippen LogP contribution in [0.3, 0.4) is 0 Å². The van der Waals surface area contributed by atoms with Crippen molar-refractivity contribution in [3.05, 3.63) is 53.3 Å². The Bertz CT molecular complexity index is 875. The maximum atomic E-state index is 12.2. The molecule has 1 amide bonds. The topological polar surface area (TPSA) is 93.4 Å². The van der Waals surface area contributed by atoms with Crippen LogP contribution in [-0.2, 0) is 11.2 Å². The Hall–Kier alpha value is -3.00. The Morgan fingerprint density at radius 1 is 1.12 bits per heavy atom. The van der Waals surface area contributed by atoms with Crippen molar-refractivity contribution in [1.29, 1.82) is 0 Å². The van der Waals surface area contributed by atoms with Gasteiger partial charge in [-0.3, -0.25) is 4.79 Å². The Morgan fingerprint density at radius 2 is 1.92 bits per heavy atom. The van der Waals surface area contributed by atoms with Gasteiger partial charge < -0.3 is 15.4 Å². The number of hydrogen-bond acceptors (Lipinski definition) is 6. The Labute approximate surface area is 151 Å². The summed E-state index contributed by atoms with van der Waals surface area (Å²) in [5.41, 5.74) is 2.43. The highest BCUT2D eigenvalue weighted by molar-refractivity contribution is 5.94. The lowest BCUT2D eigenvalue weighted by molar-refractivity contribution is 0.0954. The summed E-state index contributed by atoms with van der Waals surface area (Å²) in [5, 5.41) is 18.8. The number of carbonyl (C=O) groups excluding carboxylic acids is 1. The molecule has 2 N–H and O–H groups in total. The van der Waals surface area contributed by atoms with E-state index in [1.165, 1.54) is 0 Å². The zero-order chi connectivity index (χ0) is 18.4. The standard InChI is InChI=1S/C18H22N6O2/c1-13-3-5-14(6-4-13)18(25)20-10-9-17-22-21-16-8-7-15(23-24(16)17)19-11-12-26-2/h3-8H,9-12H2,1-2H3,(H,19,23)(H,20,25). The number of nitrogens with one attached hydrogen (secondary N) is 2. The summed E-state index contributed by atoms with van der Waals surface area (Å²) in [7, 11) is 1.65. The van der Waals surface area contributed by atoms with Crippen molar-refractivity contribution < 1.29 is 9.53 Å². The van der Waals surface area contributed by atoms with Crippen LogP contribution in [-0.4, -0.2) is 52.5 Å². The van der Waals surface area contributed by atoms with Gasteiger partial charge in [0.2, 0.25) is 0 Å². The van der Waals surface area contributed by atoms with Crippen LogP contribution in [0.2, 0.25) is 0 Å². The molecular weight excluding hydrogens is 332 g/mol. The number of amides is 1. The SMILES string of the molecule is COCCNc1ccc2nnc(CCNC(=O)c3ccc(C)cc3)n2n1. The first-order valence-corrected chi connectivity index (χ1v) is 8.46. The van der Waals surface area contributed by atoms with Crippen molar-refractivity contribution in [2.75, 3.05) is 32.1 Å². The van der Waals surface area contributed by atoms with Crippen molar-refractivity contribution in [1.82, 2.24) is 25.1 Å². The van der Waals surface area contributed by atoms with E-state index in [9.17, 15) is 4.79 Å². The molecule has 1 aromatic carbocycles. The van der Waals surface area contributed by atoms with Crippen LogP contribution in [0.15, 0.2) is 36.4 Å². The number of ether oxygens (including phenoxy) is 1. The van der Waals surface area contributed by atoms with Gasteiger partial charge in [-0.05, 0) is 31.2 Å². The van der Waals surface area contributed by atoms with E-state index in [4.69, 9.17) is 4.74 Å². The average molecular weight is 354 g/mol. The Balaban J connectivity index is 1.60. The van der Waals surface area contributed by atoms with E-state index < -0.39 is 0 Å². The van der Waals surface area contributed by atoms with Gasteiger partial charge in [0.15, 0.2) is 11.5 Å². The van der Waals surface area contributed by atoms with E-state index in [1.807, 2.05) is 43.3 Å². The molecule has 2 aromatic heterocycles. The number of aryl methyl sites for hydroxylation is 1. The van der Waals surface area contributed by atoms with Gasteiger partial charge in [0.1, 0.15) is 5.82 Å². The molecule has 8 heteroatoms. The highest BCUT2D eigenvalue weighted by atomic mass is 16.5. The second-order valence-corrected chi connectivity index (χ2v) is 5.90. The van der Waals surface area contributed by atoms with Crippen LogP contribution in [0.1, 0.15) is 21.7 Å². The number of nitrogens with zero attached hydrogens (tertiary/aromatic N) is 4. The lowest BCUT2D eigenvalue weighted by Crippen LogP contribution is -2.26. The zero-order valence-electron chi connectivity index (χ0n) is 14.9. The molecule has 0 aliphatic rings. The van der Waals surface area contributed by atoms with Gasteiger partial charge in [-0.1, -0.05) is 17.7 Å². The number of aromatic nitrogens is 4. The molecule has 3 rings (SSSR count). The molecule has 0 bridgehead atoms. The van der Waals surface area contributed by atoms with Crippen LogP contribution >= 0.6 is 0 Å². The van der Waals surface area contributed by atoms with Gasteiger partial charge in [0, 0.05) is 32.2 Å². The minimum absolute atomic E-state index is 0.103. The summed E-state index contributed by atoms with van der Waals surface area (Å²) >= 11 is 0. The Kier molecular flexibility index (Phi) is 5.75. The molecule has 0 spiro atoms. The normalized spacial score (nSPS) is 10.8. The molecular formula is C18H22N6O2. The summed E-state index contributed by atoms with van der Waals surface area (Å²) in [6, 6.07) is 11.2. The summed E-state index contributed by atoms with van der Waals surface area (Å²) in [6.07, 6.45) is 0.535. The van der Waals surface area contributed by atoms with E-state index in [2.05, 4.69) is 25.9 Å². The van der Waals surface area contributed by atoms with Gasteiger partial charge in [-0.25, -0.2) is 0 Å². The summed E-state index contributed by atoms with van der Waals surface area (Å²) in [5.74, 6) is 1.31. The maximum absolute atomic E-state index is 12.2. The van der Waals surface area contributed by atoms with Crippen LogP contribution in [0.25, 0.3) is 5.65 Å². The highest BCUT2D eigenvalue weighted by Crippen LogP contribution is 2.08. The molecule has 0 unspecified atom stereocenters. The third-order valence-corrected chi connectivity index (χ3v) is 3.89. The highest BCUT2D eigenvalue weighted by Gasteiger charge is 2.09. The third kappa shape index (κ3) is 4.34. The minimum Gasteiger partial charge on any atom is -0.383 e. The van der Waals surface area contributed by atoms with Crippen molar-refractivity contribution in [2.24, 2.45) is 0 Å². The number of rotatable bonds is 8. The van der Waals surface area contributed by atoms with Gasteiger partial charge >= 0.3 is 0 Å². The fourth-order valence-corrected chi connectivity index (χ4v) is 2.46. The van der Waals surface area contributed by atoms with E-state index in [1.54, 1.807) is 11.6 Å². The molecule has 0 saturated carbocycles. The fraction of sp³-hybridized carbons (Fsp3) is 0.333. The number of benzene rings is 1. The summed E-state index contributed by atoms with van der Waals surface area (Å²) in [6.45, 7) is 3.71. The maximum Gasteiger partial charge on any atom is 0.251 e. The second-order valence-electron chi connectivity index (χ2n) is 5.90. The first-order chi connectivity index (χ1) is 12.7. The van der Waals surface area contributed by atoms with E-state index >= 15 is 0 Å². The molecule has 0 radical (unpaired) electrons. The molecule has 3 aromatic rings. The van der Waals surface area contributed by atoms with Crippen LogP contribution in [0, 0.1) is 6.92 Å². The molecule has 0 aliphatic heterocycles. The number of carbonyl (C=O) groups is 1. The fourth-order valence-electron chi connectivity index (χ4n) is 2.46. The number of hydrogen-bond donors (Lipinski definition) is 2. The molecule has 0 saturated heterocycles. The number of anilines is 1. The Morgan fingerprint density at radius 3 is 2.69 bits per heavy atom. The van der Waals surface area contributed by atoms with Gasteiger partial charge in [-0.15, -0.1) is 15.3 Å².